The number of aliphatic carboxylic acids is 1. The van der Waals surface area contributed by atoms with E-state index in [2.05, 4.69) is 6.58 Å². The van der Waals surface area contributed by atoms with Crippen LogP contribution in [0.1, 0.15) is 13.8 Å². The molecule has 0 spiro atoms. The number of ketones is 1. The molecule has 0 aliphatic carbocycles. The largest absolute Gasteiger partial charge is 0.478 e. The number of aliphatic hydroxyl groups excluding tert-OH is 2. The standard InChI is InChI=1S/C4H8O3.C4H6O2/c1-3(6)4(7)2-5;1-3(2)4(5)6/h4-5,7H,2H2,1H3;1H2,2H3,(H,5,6). The highest BCUT2D eigenvalue weighted by molar-refractivity contribution is 5.84. The molecule has 0 aliphatic heterocycles. The summed E-state index contributed by atoms with van der Waals surface area (Å²) in [5.74, 6) is -1.34. The Morgan fingerprint density at radius 2 is 1.69 bits per heavy atom. The first-order valence-electron chi connectivity index (χ1n) is 3.51. The van der Waals surface area contributed by atoms with E-state index in [0.29, 0.717) is 0 Å². The fourth-order valence-corrected chi connectivity index (χ4v) is 0.129. The molecule has 13 heavy (non-hydrogen) atoms. The van der Waals surface area contributed by atoms with Crippen molar-refractivity contribution in [1.82, 2.24) is 0 Å². The molecule has 0 radical (unpaired) electrons. The van der Waals surface area contributed by atoms with Gasteiger partial charge in [-0.1, -0.05) is 6.58 Å². The van der Waals surface area contributed by atoms with Gasteiger partial charge in [-0.3, -0.25) is 4.79 Å². The summed E-state index contributed by atoms with van der Waals surface area (Å²) in [6.45, 7) is 5.35. The van der Waals surface area contributed by atoms with Gasteiger partial charge in [0, 0.05) is 5.57 Å². The molecule has 0 bridgehead atoms. The minimum Gasteiger partial charge on any atom is -0.478 e. The van der Waals surface area contributed by atoms with Crippen LogP contribution < -0.4 is 0 Å². The van der Waals surface area contributed by atoms with E-state index >= 15 is 0 Å². The quantitative estimate of drug-likeness (QED) is 0.525. The van der Waals surface area contributed by atoms with Gasteiger partial charge in [0.25, 0.3) is 0 Å². The molecule has 5 heteroatoms. The molecule has 0 amide bonds. The molecule has 1 atom stereocenters. The lowest BCUT2D eigenvalue weighted by Crippen LogP contribution is -2.20. The minimum atomic E-state index is -1.18. The Labute approximate surface area is 76.3 Å². The van der Waals surface area contributed by atoms with Crippen LogP contribution in [-0.4, -0.2) is 39.8 Å². The fraction of sp³-hybridized carbons (Fsp3) is 0.500. The number of aliphatic hydroxyl groups is 2. The van der Waals surface area contributed by atoms with Crippen LogP contribution in [-0.2, 0) is 9.59 Å². The molecule has 0 heterocycles. The summed E-state index contributed by atoms with van der Waals surface area (Å²) >= 11 is 0. The Morgan fingerprint density at radius 3 is 1.69 bits per heavy atom. The molecule has 76 valence electrons. The van der Waals surface area contributed by atoms with E-state index in [9.17, 15) is 9.59 Å². The molecule has 0 aromatic rings. The first kappa shape index (κ1) is 14.3. The van der Waals surface area contributed by atoms with Crippen LogP contribution in [0.4, 0.5) is 0 Å². The predicted molar refractivity (Wildman–Crippen MR) is 46.2 cm³/mol. The highest BCUT2D eigenvalue weighted by Gasteiger charge is 2.04. The van der Waals surface area contributed by atoms with Crippen molar-refractivity contribution in [2.45, 2.75) is 20.0 Å². The smallest absolute Gasteiger partial charge is 0.330 e. The van der Waals surface area contributed by atoms with Crippen molar-refractivity contribution < 1.29 is 24.9 Å². The molecule has 1 unspecified atom stereocenters. The van der Waals surface area contributed by atoms with Gasteiger partial charge in [0.05, 0.1) is 6.61 Å². The number of hydrogen-bond donors (Lipinski definition) is 3. The minimum absolute atomic E-state index is 0.176. The van der Waals surface area contributed by atoms with Crippen molar-refractivity contribution >= 4 is 11.8 Å². The van der Waals surface area contributed by atoms with Crippen LogP contribution in [0.15, 0.2) is 12.2 Å². The summed E-state index contributed by atoms with van der Waals surface area (Å²) in [5.41, 5.74) is 0.176. The second-order valence-corrected chi connectivity index (χ2v) is 2.39. The third-order valence-electron chi connectivity index (χ3n) is 1.01. The Hall–Kier alpha value is -1.20. The van der Waals surface area contributed by atoms with Crippen LogP contribution in [0.5, 0.6) is 0 Å². The van der Waals surface area contributed by atoms with Crippen molar-refractivity contribution in [2.75, 3.05) is 6.61 Å². The molecule has 0 aliphatic rings. The number of rotatable bonds is 3. The van der Waals surface area contributed by atoms with E-state index in [1.165, 1.54) is 13.8 Å². The molecule has 3 N–H and O–H groups in total. The lowest BCUT2D eigenvalue weighted by Gasteiger charge is -1.97. The van der Waals surface area contributed by atoms with E-state index in [0.717, 1.165) is 0 Å². The summed E-state index contributed by atoms with van der Waals surface area (Å²) in [4.78, 5) is 19.6. The van der Waals surface area contributed by atoms with Gasteiger partial charge in [-0.05, 0) is 13.8 Å². The van der Waals surface area contributed by atoms with E-state index in [-0.39, 0.29) is 5.57 Å². The molecule has 0 aromatic heterocycles. The number of carbonyl (C=O) groups excluding carboxylic acids is 1. The zero-order valence-electron chi connectivity index (χ0n) is 7.65. The average molecular weight is 190 g/mol. The summed E-state index contributed by atoms with van der Waals surface area (Å²) in [5, 5.41) is 24.3. The summed E-state index contributed by atoms with van der Waals surface area (Å²) < 4.78 is 0. The highest BCUT2D eigenvalue weighted by Crippen LogP contribution is 1.81. The molecular formula is C8H14O5. The number of carboxylic acid groups (broad SMARTS) is 1. The molecule has 0 rings (SSSR count). The molecule has 0 fully saturated rings. The number of Topliss-reactive ketones (excluding diaryl/α,β-unsaturated/α-hetero) is 1. The predicted octanol–water partition coefficient (Wildman–Crippen LogP) is -0.424. The van der Waals surface area contributed by atoms with Gasteiger partial charge < -0.3 is 15.3 Å². The first-order valence-corrected chi connectivity index (χ1v) is 3.51. The van der Waals surface area contributed by atoms with Gasteiger partial charge in [-0.2, -0.15) is 0 Å². The second-order valence-electron chi connectivity index (χ2n) is 2.39. The van der Waals surface area contributed by atoms with Crippen molar-refractivity contribution in [3.63, 3.8) is 0 Å². The lowest BCUT2D eigenvalue weighted by atomic mass is 10.3. The van der Waals surface area contributed by atoms with Crippen LogP contribution in [0.25, 0.3) is 0 Å². The molecule has 5 nitrogen and oxygen atoms in total. The summed E-state index contributed by atoms with van der Waals surface area (Å²) in [6.07, 6.45) is -1.18. The highest BCUT2D eigenvalue weighted by atomic mass is 16.4. The maximum Gasteiger partial charge on any atom is 0.330 e. The lowest BCUT2D eigenvalue weighted by molar-refractivity contribution is -0.132. The van der Waals surface area contributed by atoms with Crippen molar-refractivity contribution in [3.8, 4) is 0 Å². The third-order valence-corrected chi connectivity index (χ3v) is 1.01. The number of hydrogen-bond acceptors (Lipinski definition) is 4. The first-order chi connectivity index (χ1) is 5.82. The maximum atomic E-state index is 9.96. The summed E-state index contributed by atoms with van der Waals surface area (Å²) in [7, 11) is 0. The Kier molecular flexibility index (Phi) is 8.21. The molecule has 0 aromatic carbocycles. The molecule has 0 saturated carbocycles. The third kappa shape index (κ3) is 10.8. The zero-order valence-corrected chi connectivity index (χ0v) is 7.65. The SMILES string of the molecule is C=C(C)C(=O)O.CC(=O)C(O)CO. The Balaban J connectivity index is 0. The van der Waals surface area contributed by atoms with Crippen LogP contribution in [0.2, 0.25) is 0 Å². The van der Waals surface area contributed by atoms with Gasteiger partial charge in [0.1, 0.15) is 6.10 Å². The molecule has 0 saturated heterocycles. The fourth-order valence-electron chi connectivity index (χ4n) is 0.129. The second kappa shape index (κ2) is 7.45. The maximum absolute atomic E-state index is 9.96. The zero-order chi connectivity index (χ0) is 11.0. The van der Waals surface area contributed by atoms with Gasteiger partial charge in [-0.15, -0.1) is 0 Å². The normalized spacial score (nSPS) is 10.8. The molecular weight excluding hydrogens is 176 g/mol. The van der Waals surface area contributed by atoms with E-state index in [1.807, 2.05) is 0 Å². The van der Waals surface area contributed by atoms with E-state index in [1.54, 1.807) is 0 Å². The van der Waals surface area contributed by atoms with Gasteiger partial charge in [0.15, 0.2) is 5.78 Å². The average Bonchev–Trinajstić information content (AvgIpc) is 2.03. The van der Waals surface area contributed by atoms with Crippen molar-refractivity contribution in [1.29, 1.82) is 0 Å². The van der Waals surface area contributed by atoms with Gasteiger partial charge >= 0.3 is 5.97 Å². The van der Waals surface area contributed by atoms with Crippen molar-refractivity contribution in [2.24, 2.45) is 0 Å². The van der Waals surface area contributed by atoms with Gasteiger partial charge in [-0.25, -0.2) is 4.79 Å². The number of carbonyl (C=O) groups is 2. The van der Waals surface area contributed by atoms with Gasteiger partial charge in [0.2, 0.25) is 0 Å². The van der Waals surface area contributed by atoms with Crippen LogP contribution in [0.3, 0.4) is 0 Å². The monoisotopic (exact) mass is 190 g/mol. The van der Waals surface area contributed by atoms with Crippen LogP contribution in [0, 0.1) is 0 Å². The Bertz CT molecular complexity index is 185. The summed E-state index contributed by atoms with van der Waals surface area (Å²) in [6, 6.07) is 0. The Morgan fingerprint density at radius 1 is 1.38 bits per heavy atom. The van der Waals surface area contributed by atoms with E-state index < -0.39 is 24.5 Å². The van der Waals surface area contributed by atoms with Crippen LogP contribution >= 0.6 is 0 Å². The number of carboxylic acids is 1. The van der Waals surface area contributed by atoms with Crippen molar-refractivity contribution in [3.05, 3.63) is 12.2 Å². The topological polar surface area (TPSA) is 94.8 Å². The van der Waals surface area contributed by atoms with E-state index in [4.69, 9.17) is 15.3 Å².